The maximum Gasteiger partial charge on any atom is -0.0471 e. The monoisotopic (exact) mass is 137 g/mol. The normalized spacial score (nSPS) is 8.25. The second-order valence-corrected chi connectivity index (χ2v) is 2.18. The zero-order valence-corrected chi connectivity index (χ0v) is 6.53. The van der Waals surface area contributed by atoms with E-state index in [1.54, 1.807) is 0 Å². The van der Waals surface area contributed by atoms with Crippen LogP contribution < -0.4 is 4.66 Å². The van der Waals surface area contributed by atoms with Crippen molar-refractivity contribution < 1.29 is 4.66 Å². The van der Waals surface area contributed by atoms with E-state index in [1.807, 2.05) is 0 Å². The molecule has 52 valence electrons. The molecule has 0 amide bonds. The van der Waals surface area contributed by atoms with Crippen LogP contribution in [0.2, 0.25) is 0 Å². The van der Waals surface area contributed by atoms with Gasteiger partial charge in [0.2, 0.25) is 0 Å². The molecule has 1 nitrogen and oxygen atoms in total. The van der Waals surface area contributed by atoms with Crippen molar-refractivity contribution in [2.45, 2.75) is 33.6 Å². The molecule has 0 aromatic carbocycles. The molecule has 8 heavy (non-hydrogen) atoms. The molecule has 0 N–H and O–H groups in total. The zero-order chi connectivity index (χ0) is 6.99. The minimum Gasteiger partial charge on any atom is -0.769 e. The average Bonchev–Trinajstić information content (AvgIpc) is 1.72. The summed E-state index contributed by atoms with van der Waals surface area (Å²) in [5.41, 5.74) is 0. The third kappa shape index (κ3) is 16.3. The Morgan fingerprint density at radius 1 is 1.38 bits per heavy atom. The first-order chi connectivity index (χ1) is 3.77. The van der Waals surface area contributed by atoms with Gasteiger partial charge in [-0.05, 0) is 5.92 Å². The van der Waals surface area contributed by atoms with Gasteiger partial charge in [0.05, 0.1) is 0 Å². The molecule has 0 aliphatic rings. The van der Waals surface area contributed by atoms with Crippen LogP contribution in [0, 0.1) is 5.92 Å². The number of rotatable bonds is 2. The fourth-order valence-electron chi connectivity index (χ4n) is 0.577. The summed E-state index contributed by atoms with van der Waals surface area (Å²) in [7, 11) is 0. The van der Waals surface area contributed by atoms with E-state index in [0.717, 1.165) is 5.92 Å². The molecular formula is C6H14ClO-. The lowest BCUT2D eigenvalue weighted by molar-refractivity contribution is -0.166. The minimum absolute atomic E-state index is 0.898. The van der Waals surface area contributed by atoms with E-state index >= 15 is 0 Å². The van der Waals surface area contributed by atoms with Crippen molar-refractivity contribution in [1.29, 1.82) is 0 Å². The van der Waals surface area contributed by atoms with Crippen molar-refractivity contribution in [3.63, 3.8) is 0 Å². The van der Waals surface area contributed by atoms with Crippen LogP contribution in [0.5, 0.6) is 0 Å². The van der Waals surface area contributed by atoms with Gasteiger partial charge in [-0.2, -0.15) is 0 Å². The lowest BCUT2D eigenvalue weighted by atomic mass is 10.1. The molecule has 0 heterocycles. The van der Waals surface area contributed by atoms with Crippen LogP contribution in [0.15, 0.2) is 0 Å². The summed E-state index contributed by atoms with van der Waals surface area (Å²) in [6.07, 6.45) is 2.71. The highest BCUT2D eigenvalue weighted by Crippen LogP contribution is 2.00. The Bertz CT molecular complexity index is 29.7. The zero-order valence-electron chi connectivity index (χ0n) is 5.78. The van der Waals surface area contributed by atoms with Crippen LogP contribution in [0.1, 0.15) is 33.6 Å². The molecular weight excluding hydrogens is 124 g/mol. The molecule has 0 radical (unpaired) electrons. The van der Waals surface area contributed by atoms with Crippen molar-refractivity contribution in [2.24, 2.45) is 5.92 Å². The van der Waals surface area contributed by atoms with E-state index < -0.39 is 0 Å². The lowest BCUT2D eigenvalue weighted by Crippen LogP contribution is -1.81. The van der Waals surface area contributed by atoms with Crippen LogP contribution in [-0.4, -0.2) is 0 Å². The van der Waals surface area contributed by atoms with Gasteiger partial charge in [0.25, 0.3) is 0 Å². The standard InChI is InChI=1S/C6H14.ClO/c1-4-5-6(2)3;1-2/h6H,4-5H2,1-3H3;/q;-1. The molecule has 0 aliphatic heterocycles. The van der Waals surface area contributed by atoms with Crippen LogP contribution >= 0.6 is 11.9 Å². The van der Waals surface area contributed by atoms with E-state index in [-0.39, 0.29) is 0 Å². The lowest BCUT2D eigenvalue weighted by Gasteiger charge is -1.95. The first kappa shape index (κ1) is 11.1. The van der Waals surface area contributed by atoms with Crippen molar-refractivity contribution in [3.8, 4) is 0 Å². The van der Waals surface area contributed by atoms with Gasteiger partial charge in [-0.15, -0.1) is 0 Å². The Morgan fingerprint density at radius 2 is 1.75 bits per heavy atom. The molecule has 0 aliphatic carbocycles. The van der Waals surface area contributed by atoms with Crippen LogP contribution in [0.25, 0.3) is 0 Å². The highest BCUT2D eigenvalue weighted by atomic mass is 35.5. The Balaban J connectivity index is 0. The van der Waals surface area contributed by atoms with E-state index in [4.69, 9.17) is 4.66 Å². The SMILES string of the molecule is CCCC(C)C.[O-]Cl. The molecule has 0 fully saturated rings. The maximum absolute atomic E-state index is 7.72. The van der Waals surface area contributed by atoms with Gasteiger partial charge >= 0.3 is 0 Å². The minimum atomic E-state index is 0.898. The van der Waals surface area contributed by atoms with Crippen LogP contribution in [-0.2, 0) is 0 Å². The van der Waals surface area contributed by atoms with Gasteiger partial charge in [0.1, 0.15) is 0 Å². The summed E-state index contributed by atoms with van der Waals surface area (Å²) in [5.74, 6) is 0.898. The van der Waals surface area contributed by atoms with Gasteiger partial charge in [-0.25, -0.2) is 11.9 Å². The van der Waals surface area contributed by atoms with Gasteiger partial charge in [-0.3, -0.25) is 0 Å². The first-order valence-corrected chi connectivity index (χ1v) is 3.23. The summed E-state index contributed by atoms with van der Waals surface area (Å²) in [6.45, 7) is 6.73. The second-order valence-electron chi connectivity index (χ2n) is 2.18. The number of hydrogen-bond donors (Lipinski definition) is 0. The Kier molecular flexibility index (Phi) is 14.3. The third-order valence-corrected chi connectivity index (χ3v) is 0.866. The van der Waals surface area contributed by atoms with E-state index in [0.29, 0.717) is 0 Å². The number of hydrogen-bond acceptors (Lipinski definition) is 1. The predicted octanol–water partition coefficient (Wildman–Crippen LogP) is 1.94. The summed E-state index contributed by atoms with van der Waals surface area (Å²) >= 11 is 3.39. The fourth-order valence-corrected chi connectivity index (χ4v) is 0.577. The molecule has 0 saturated heterocycles. The largest absolute Gasteiger partial charge is 0.769 e. The van der Waals surface area contributed by atoms with E-state index in [1.165, 1.54) is 12.8 Å². The summed E-state index contributed by atoms with van der Waals surface area (Å²) in [4.78, 5) is 0. The Labute approximate surface area is 56.8 Å². The highest BCUT2D eigenvalue weighted by Gasteiger charge is 1.85. The van der Waals surface area contributed by atoms with E-state index in [9.17, 15) is 0 Å². The maximum atomic E-state index is 7.72. The molecule has 0 aromatic heterocycles. The quantitative estimate of drug-likeness (QED) is 0.571. The topological polar surface area (TPSA) is 23.1 Å². The smallest absolute Gasteiger partial charge is 0.0471 e. The fraction of sp³-hybridized carbons (Fsp3) is 1.00. The third-order valence-electron chi connectivity index (χ3n) is 0.866. The molecule has 0 unspecified atom stereocenters. The van der Waals surface area contributed by atoms with Gasteiger partial charge in [-0.1, -0.05) is 33.6 Å². The first-order valence-electron chi connectivity index (χ1n) is 2.92. The Morgan fingerprint density at radius 3 is 1.75 bits per heavy atom. The number of halogens is 1. The molecule has 0 atom stereocenters. The summed E-state index contributed by atoms with van der Waals surface area (Å²) < 4.78 is 7.72. The van der Waals surface area contributed by atoms with Crippen molar-refractivity contribution in [2.75, 3.05) is 0 Å². The van der Waals surface area contributed by atoms with Crippen LogP contribution in [0.3, 0.4) is 0 Å². The summed E-state index contributed by atoms with van der Waals surface area (Å²) in [5, 5.41) is 0. The summed E-state index contributed by atoms with van der Waals surface area (Å²) in [6, 6.07) is 0. The molecule has 2 heteroatoms. The van der Waals surface area contributed by atoms with Crippen molar-refractivity contribution in [1.82, 2.24) is 0 Å². The molecule has 0 rings (SSSR count). The van der Waals surface area contributed by atoms with Crippen molar-refractivity contribution in [3.05, 3.63) is 0 Å². The molecule has 0 spiro atoms. The molecule has 0 aromatic rings. The molecule has 0 bridgehead atoms. The Hall–Kier alpha value is 0.250. The van der Waals surface area contributed by atoms with Crippen LogP contribution in [0.4, 0.5) is 0 Å². The van der Waals surface area contributed by atoms with Gasteiger partial charge in [0, 0.05) is 0 Å². The second kappa shape index (κ2) is 10.3. The van der Waals surface area contributed by atoms with Crippen molar-refractivity contribution >= 4 is 11.9 Å². The van der Waals surface area contributed by atoms with Gasteiger partial charge in [0.15, 0.2) is 0 Å². The predicted molar refractivity (Wildman–Crippen MR) is 35.6 cm³/mol. The van der Waals surface area contributed by atoms with Gasteiger partial charge < -0.3 is 4.66 Å². The highest BCUT2D eigenvalue weighted by molar-refractivity contribution is 6.02. The van der Waals surface area contributed by atoms with E-state index in [2.05, 4.69) is 32.6 Å². The average molecular weight is 138 g/mol. The molecule has 0 saturated carbocycles.